The second-order valence-corrected chi connectivity index (χ2v) is 5.94. The van der Waals surface area contributed by atoms with Crippen molar-refractivity contribution < 1.29 is 14.3 Å². The molecule has 3 rings (SSSR count). The maximum Gasteiger partial charge on any atom is 0.258 e. The fourth-order valence-electron chi connectivity index (χ4n) is 3.46. The lowest BCUT2D eigenvalue weighted by atomic mass is 9.76. The minimum atomic E-state index is -0.612. The van der Waals surface area contributed by atoms with Gasteiger partial charge >= 0.3 is 0 Å². The number of nitrogens with zero attached hydrogens (tertiary/aromatic N) is 1. The average molecular weight is 251 g/mol. The van der Waals surface area contributed by atoms with Crippen molar-refractivity contribution in [1.29, 1.82) is 0 Å². The van der Waals surface area contributed by atoms with Crippen molar-refractivity contribution in [1.82, 2.24) is 10.2 Å². The molecule has 3 heterocycles. The smallest absolute Gasteiger partial charge is 0.258 e. The van der Waals surface area contributed by atoms with Gasteiger partial charge in [-0.2, -0.15) is 0 Å². The third-order valence-electron chi connectivity index (χ3n) is 4.70. The third-order valence-corrected chi connectivity index (χ3v) is 4.70. The Morgan fingerprint density at radius 2 is 2.00 bits per heavy atom. The summed E-state index contributed by atoms with van der Waals surface area (Å²) < 4.78 is 5.92. The normalized spacial score (nSPS) is 51.6. The molecule has 0 aromatic heterocycles. The summed E-state index contributed by atoms with van der Waals surface area (Å²) >= 11 is 0. The van der Waals surface area contributed by atoms with Gasteiger partial charge in [0, 0.05) is 13.1 Å². The van der Waals surface area contributed by atoms with Crippen LogP contribution in [0.2, 0.25) is 0 Å². The molecule has 6 unspecified atom stereocenters. The van der Waals surface area contributed by atoms with E-state index in [2.05, 4.69) is 25.6 Å². The number of carbonyl (C=O) groups is 2. The SMILES string of the molecule is CC1[CH]C2(C)OC3C(=O)N(C)C(=O)C3C2NC1C. The Labute approximate surface area is 107 Å². The second-order valence-electron chi connectivity index (χ2n) is 5.94. The summed E-state index contributed by atoms with van der Waals surface area (Å²) in [4.78, 5) is 25.3. The molecular weight excluding hydrogens is 232 g/mol. The highest BCUT2D eigenvalue weighted by molar-refractivity contribution is 6.07. The fourth-order valence-corrected chi connectivity index (χ4v) is 3.46. The molecule has 1 N–H and O–H groups in total. The predicted molar refractivity (Wildman–Crippen MR) is 64.4 cm³/mol. The van der Waals surface area contributed by atoms with Crippen molar-refractivity contribution in [3.05, 3.63) is 6.42 Å². The van der Waals surface area contributed by atoms with Crippen LogP contribution in [0.25, 0.3) is 0 Å². The van der Waals surface area contributed by atoms with Gasteiger partial charge in [-0.1, -0.05) is 6.92 Å². The van der Waals surface area contributed by atoms with E-state index >= 15 is 0 Å². The molecule has 5 nitrogen and oxygen atoms in total. The van der Waals surface area contributed by atoms with E-state index in [0.29, 0.717) is 12.0 Å². The number of fused-ring (bicyclic) bond motifs is 3. The minimum Gasteiger partial charge on any atom is -0.359 e. The van der Waals surface area contributed by atoms with Gasteiger partial charge in [0.25, 0.3) is 5.91 Å². The molecule has 0 aromatic carbocycles. The summed E-state index contributed by atoms with van der Waals surface area (Å²) in [6.07, 6.45) is 1.52. The van der Waals surface area contributed by atoms with Crippen LogP contribution in [0.5, 0.6) is 0 Å². The lowest BCUT2D eigenvalue weighted by molar-refractivity contribution is -0.145. The topological polar surface area (TPSA) is 58.6 Å². The van der Waals surface area contributed by atoms with Crippen LogP contribution in [0.1, 0.15) is 20.8 Å². The summed E-state index contributed by atoms with van der Waals surface area (Å²) in [5.41, 5.74) is -0.520. The van der Waals surface area contributed by atoms with Gasteiger partial charge in [-0.3, -0.25) is 14.5 Å². The van der Waals surface area contributed by atoms with E-state index < -0.39 is 11.7 Å². The van der Waals surface area contributed by atoms with Gasteiger partial charge in [0.2, 0.25) is 5.91 Å². The minimum absolute atomic E-state index is 0.102. The number of nitrogens with one attached hydrogen (secondary N) is 1. The van der Waals surface area contributed by atoms with Crippen molar-refractivity contribution >= 4 is 11.8 Å². The number of hydrogen-bond acceptors (Lipinski definition) is 4. The van der Waals surface area contributed by atoms with E-state index in [0.717, 1.165) is 0 Å². The fraction of sp³-hybridized carbons (Fsp3) is 0.769. The highest BCUT2D eigenvalue weighted by atomic mass is 16.5. The van der Waals surface area contributed by atoms with Gasteiger partial charge in [0.05, 0.1) is 17.6 Å². The van der Waals surface area contributed by atoms with Gasteiger partial charge < -0.3 is 10.1 Å². The van der Waals surface area contributed by atoms with Crippen molar-refractivity contribution in [3.63, 3.8) is 0 Å². The molecule has 99 valence electrons. The molecule has 5 heteroatoms. The number of carbonyl (C=O) groups excluding carboxylic acids is 2. The van der Waals surface area contributed by atoms with E-state index in [1.807, 2.05) is 6.92 Å². The monoisotopic (exact) mass is 251 g/mol. The van der Waals surface area contributed by atoms with Gasteiger partial charge in [-0.05, 0) is 26.2 Å². The molecule has 1 radical (unpaired) electrons. The molecule has 0 spiro atoms. The van der Waals surface area contributed by atoms with Crippen LogP contribution < -0.4 is 5.32 Å². The van der Waals surface area contributed by atoms with Gasteiger partial charge in [-0.25, -0.2) is 0 Å². The van der Waals surface area contributed by atoms with Crippen molar-refractivity contribution in [2.75, 3.05) is 7.05 Å². The Morgan fingerprint density at radius 1 is 1.33 bits per heavy atom. The standard InChI is InChI=1S/C13H19N2O3/c1-6-5-13(3)10(14-7(6)2)8-9(18-13)12(17)15(4)11(8)16/h5-10,14H,1-4H3. The molecule has 3 aliphatic rings. The zero-order valence-electron chi connectivity index (χ0n) is 11.1. The van der Waals surface area contributed by atoms with Gasteiger partial charge in [-0.15, -0.1) is 0 Å². The second kappa shape index (κ2) is 3.54. The molecular formula is C13H19N2O3. The number of rotatable bonds is 0. The Morgan fingerprint density at radius 3 is 2.67 bits per heavy atom. The van der Waals surface area contributed by atoms with E-state index in [1.54, 1.807) is 0 Å². The number of likely N-dealkylation sites (N-methyl/N-ethyl adjacent to an activating group) is 1. The summed E-state index contributed by atoms with van der Waals surface area (Å²) in [5, 5.41) is 3.46. The van der Waals surface area contributed by atoms with Crippen LogP contribution in [-0.2, 0) is 14.3 Å². The Kier molecular flexibility index (Phi) is 2.38. The summed E-state index contributed by atoms with van der Waals surface area (Å²) in [7, 11) is 1.53. The number of likely N-dealkylation sites (tertiary alicyclic amines) is 1. The average Bonchev–Trinajstić information content (AvgIpc) is 2.69. The van der Waals surface area contributed by atoms with Gasteiger partial charge in [0.15, 0.2) is 6.10 Å². The lowest BCUT2D eigenvalue weighted by Crippen LogP contribution is -2.60. The van der Waals surface area contributed by atoms with E-state index in [1.165, 1.54) is 11.9 Å². The van der Waals surface area contributed by atoms with Crippen LogP contribution in [0, 0.1) is 18.3 Å². The molecule has 0 bridgehead atoms. The zero-order valence-corrected chi connectivity index (χ0v) is 11.1. The predicted octanol–water partition coefficient (Wildman–Crippen LogP) is -0.0406. The first-order chi connectivity index (χ1) is 8.35. The molecule has 3 aliphatic heterocycles. The largest absolute Gasteiger partial charge is 0.359 e. The molecule has 6 atom stereocenters. The maximum atomic E-state index is 12.2. The molecule has 2 amide bonds. The lowest BCUT2D eigenvalue weighted by Gasteiger charge is -2.43. The van der Waals surface area contributed by atoms with Gasteiger partial charge in [0.1, 0.15) is 0 Å². The quantitative estimate of drug-likeness (QED) is 0.614. The number of piperidine rings is 1. The molecule has 3 fully saturated rings. The molecule has 0 aliphatic carbocycles. The van der Waals surface area contributed by atoms with Crippen molar-refractivity contribution in [2.24, 2.45) is 11.8 Å². The van der Waals surface area contributed by atoms with Crippen LogP contribution in [0.15, 0.2) is 0 Å². The van der Waals surface area contributed by atoms with E-state index in [9.17, 15) is 9.59 Å². The van der Waals surface area contributed by atoms with Crippen LogP contribution in [0.3, 0.4) is 0 Å². The van der Waals surface area contributed by atoms with Crippen LogP contribution in [-0.4, -0.2) is 47.6 Å². The van der Waals surface area contributed by atoms with Crippen molar-refractivity contribution in [3.8, 4) is 0 Å². The van der Waals surface area contributed by atoms with Crippen molar-refractivity contribution in [2.45, 2.75) is 44.6 Å². The molecule has 18 heavy (non-hydrogen) atoms. The van der Waals surface area contributed by atoms with Crippen LogP contribution >= 0.6 is 0 Å². The zero-order chi connectivity index (χ0) is 13.2. The summed E-state index contributed by atoms with van der Waals surface area (Å²) in [6, 6.07) is 0.189. The number of imide groups is 1. The summed E-state index contributed by atoms with van der Waals surface area (Å²) in [6.45, 7) is 6.18. The molecule has 0 saturated carbocycles. The Bertz CT molecular complexity index is 424. The van der Waals surface area contributed by atoms with E-state index in [4.69, 9.17) is 4.74 Å². The number of hydrogen-bond donors (Lipinski definition) is 1. The van der Waals surface area contributed by atoms with E-state index in [-0.39, 0.29) is 23.8 Å². The first-order valence-electron chi connectivity index (χ1n) is 6.46. The van der Waals surface area contributed by atoms with Crippen LogP contribution in [0.4, 0.5) is 0 Å². The summed E-state index contributed by atoms with van der Waals surface area (Å²) in [5.74, 6) is -0.357. The number of amides is 2. The molecule has 0 aromatic rings. The Balaban J connectivity index is 1.96. The third kappa shape index (κ3) is 1.34. The highest BCUT2D eigenvalue weighted by Crippen LogP contribution is 2.46. The number of ether oxygens (including phenoxy) is 1. The Hall–Kier alpha value is -0.940. The highest BCUT2D eigenvalue weighted by Gasteiger charge is 2.64. The first kappa shape index (κ1) is 12.1. The maximum absolute atomic E-state index is 12.2. The first-order valence-corrected chi connectivity index (χ1v) is 6.46. The molecule has 3 saturated heterocycles.